The molecule has 0 bridgehead atoms. The normalized spacial score (nSPS) is 15.5. The maximum Gasteiger partial charge on any atom is 0.289 e. The van der Waals surface area contributed by atoms with Crippen molar-refractivity contribution in [3.63, 3.8) is 0 Å². The van der Waals surface area contributed by atoms with E-state index in [4.69, 9.17) is 4.74 Å². The quantitative estimate of drug-likeness (QED) is 0.295. The lowest BCUT2D eigenvalue weighted by molar-refractivity contribution is -0.461. The summed E-state index contributed by atoms with van der Waals surface area (Å²) in [6, 6.07) is 13.6. The van der Waals surface area contributed by atoms with Gasteiger partial charge >= 0.3 is 0 Å². The molecule has 3 heterocycles. The van der Waals surface area contributed by atoms with Gasteiger partial charge in [0.05, 0.1) is 35.1 Å². The van der Waals surface area contributed by atoms with Crippen molar-refractivity contribution in [2.24, 2.45) is 0 Å². The second kappa shape index (κ2) is 9.87. The highest BCUT2D eigenvalue weighted by Crippen LogP contribution is 2.44. The van der Waals surface area contributed by atoms with E-state index in [0.29, 0.717) is 30.0 Å². The Labute approximate surface area is 206 Å². The minimum atomic E-state index is 0.0430. The number of nitroso groups, excluding NO2 is 1. The number of nitrogens with zero attached hydrogens (tertiary/aromatic N) is 3. The van der Waals surface area contributed by atoms with Crippen LogP contribution in [0.3, 0.4) is 0 Å². The van der Waals surface area contributed by atoms with Gasteiger partial charge in [-0.15, -0.1) is 0 Å². The number of methoxy groups -OCH3 is 1. The number of aromatic nitrogens is 2. The molecule has 0 aliphatic carbocycles. The van der Waals surface area contributed by atoms with E-state index in [0.717, 1.165) is 70.4 Å². The second-order valence-electron chi connectivity index (χ2n) is 8.71. The van der Waals surface area contributed by atoms with Gasteiger partial charge in [0.25, 0.3) is 5.69 Å². The molecule has 0 unspecified atom stereocenters. The topological polar surface area (TPSA) is 87.6 Å². The van der Waals surface area contributed by atoms with Crippen molar-refractivity contribution in [2.75, 3.05) is 59.5 Å². The van der Waals surface area contributed by atoms with E-state index in [9.17, 15) is 10.0 Å². The molecule has 1 fully saturated rings. The molecule has 0 saturated carbocycles. The van der Waals surface area contributed by atoms with Crippen LogP contribution in [0.25, 0.3) is 33.1 Å². The summed E-state index contributed by atoms with van der Waals surface area (Å²) in [4.78, 5) is 24.7. The van der Waals surface area contributed by atoms with Crippen LogP contribution in [0.1, 0.15) is 0 Å². The second-order valence-corrected chi connectivity index (χ2v) is 9.63. The molecule has 0 spiro atoms. The summed E-state index contributed by atoms with van der Waals surface area (Å²) in [5.41, 5.74) is 3.47. The summed E-state index contributed by atoms with van der Waals surface area (Å²) in [6.45, 7) is 6.58. The molecule has 1 saturated heterocycles. The van der Waals surface area contributed by atoms with Crippen LogP contribution < -0.4 is 0 Å². The number of ether oxygens (including phenoxy) is 1. The lowest BCUT2D eigenvalue weighted by atomic mass is 10.1. The first-order valence-corrected chi connectivity index (χ1v) is 12.3. The first-order valence-electron chi connectivity index (χ1n) is 11.5. The van der Waals surface area contributed by atoms with Crippen LogP contribution in [0.4, 0.5) is 5.69 Å². The van der Waals surface area contributed by atoms with E-state index in [1.54, 1.807) is 7.11 Å². The molecule has 4 aromatic rings. The largest absolute Gasteiger partial charge is 0.494 e. The number of halogens is 1. The van der Waals surface area contributed by atoms with E-state index in [2.05, 4.69) is 35.7 Å². The van der Waals surface area contributed by atoms with Gasteiger partial charge in [0.2, 0.25) is 6.54 Å². The van der Waals surface area contributed by atoms with Crippen LogP contribution in [0.2, 0.25) is 0 Å². The van der Waals surface area contributed by atoms with Gasteiger partial charge in [-0.25, -0.2) is 0 Å². The maximum absolute atomic E-state index is 13.5. The van der Waals surface area contributed by atoms with Gasteiger partial charge in [0.15, 0.2) is 5.88 Å². The number of para-hydroxylation sites is 1. The van der Waals surface area contributed by atoms with Gasteiger partial charge in [-0.1, -0.05) is 34.1 Å². The summed E-state index contributed by atoms with van der Waals surface area (Å²) < 4.78 is 7.17. The molecular weight excluding hydrogens is 498 g/mol. The Morgan fingerprint density at radius 1 is 1.00 bits per heavy atom. The number of fused-ring (bicyclic) bond motifs is 2. The van der Waals surface area contributed by atoms with E-state index in [1.807, 2.05) is 42.5 Å². The Hall–Kier alpha value is -2.72. The van der Waals surface area contributed by atoms with Crippen LogP contribution >= 0.6 is 15.9 Å². The molecule has 2 aromatic carbocycles. The highest BCUT2D eigenvalue weighted by molar-refractivity contribution is 9.10. The van der Waals surface area contributed by atoms with Crippen LogP contribution in [0.5, 0.6) is 5.88 Å². The smallest absolute Gasteiger partial charge is 0.289 e. The van der Waals surface area contributed by atoms with Gasteiger partial charge in [-0.2, -0.15) is 0 Å². The van der Waals surface area contributed by atoms with Crippen molar-refractivity contribution in [3.05, 3.63) is 51.8 Å². The van der Waals surface area contributed by atoms with Crippen LogP contribution in [0, 0.1) is 4.91 Å². The fraction of sp³-hybridized carbons (Fsp3) is 0.360. The average molecular weight is 527 g/mol. The number of aromatic hydroxyl groups is 1. The third-order valence-corrected chi connectivity index (χ3v) is 7.11. The number of H-pyrrole nitrogens is 2. The number of rotatable bonds is 8. The molecule has 9 heteroatoms. The van der Waals surface area contributed by atoms with Crippen molar-refractivity contribution in [1.82, 2.24) is 19.8 Å². The summed E-state index contributed by atoms with van der Waals surface area (Å²) in [7, 11) is 1.73. The standard InChI is InChI=1S/C25H28BrN5O3/c1-34-15-14-30-10-8-29(9-11-30)12-13-31(33)24-19-4-2-3-5-20(19)27-23(24)22-18-7-6-17(26)16-21(18)28-25(22)32/h2-7,16H,8-15H2,1H3,(H2-,27,28,32,33)/p+1. The lowest BCUT2D eigenvalue weighted by Gasteiger charge is -2.33. The van der Waals surface area contributed by atoms with Crippen molar-refractivity contribution in [3.8, 4) is 17.1 Å². The zero-order valence-corrected chi connectivity index (χ0v) is 20.8. The minimum Gasteiger partial charge on any atom is -0.494 e. The summed E-state index contributed by atoms with van der Waals surface area (Å²) in [5.74, 6) is 0.0430. The van der Waals surface area contributed by atoms with Crippen molar-refractivity contribution in [1.29, 1.82) is 0 Å². The Kier molecular flexibility index (Phi) is 6.69. The Balaban J connectivity index is 1.41. The Morgan fingerprint density at radius 2 is 1.74 bits per heavy atom. The van der Waals surface area contributed by atoms with Crippen LogP contribution in [0.15, 0.2) is 46.9 Å². The minimum absolute atomic E-state index is 0.0430. The predicted molar refractivity (Wildman–Crippen MR) is 138 cm³/mol. The number of hydrogen-bond donors (Lipinski definition) is 3. The first-order chi connectivity index (χ1) is 16.5. The van der Waals surface area contributed by atoms with E-state index >= 15 is 0 Å². The van der Waals surface area contributed by atoms with Crippen molar-refractivity contribution < 1.29 is 14.6 Å². The zero-order valence-electron chi connectivity index (χ0n) is 19.2. The molecule has 34 heavy (non-hydrogen) atoms. The lowest BCUT2D eigenvalue weighted by Crippen LogP contribution is -2.48. The molecule has 1 aliphatic rings. The van der Waals surface area contributed by atoms with Gasteiger partial charge in [0.1, 0.15) is 5.69 Å². The molecule has 0 amide bonds. The SMILES string of the molecule is COCCN1CCN(CC[N+](=O)c2c(-c3c(O)[nH]c4cc(Br)ccc34)[nH]c3ccccc23)CC1. The first kappa shape index (κ1) is 23.0. The molecular formula is C25H29BrN5O3+. The summed E-state index contributed by atoms with van der Waals surface area (Å²) in [6.07, 6.45) is 0. The highest BCUT2D eigenvalue weighted by atomic mass is 79.9. The fourth-order valence-corrected chi connectivity index (χ4v) is 5.14. The number of piperazine rings is 1. The van der Waals surface area contributed by atoms with E-state index in [-0.39, 0.29) is 5.88 Å². The summed E-state index contributed by atoms with van der Waals surface area (Å²) in [5, 5.41) is 12.5. The van der Waals surface area contributed by atoms with E-state index in [1.165, 1.54) is 0 Å². The average Bonchev–Trinajstić information content (AvgIpc) is 3.37. The van der Waals surface area contributed by atoms with Gasteiger partial charge in [-0.05, 0) is 24.3 Å². The zero-order chi connectivity index (χ0) is 23.7. The molecule has 3 N–H and O–H groups in total. The monoisotopic (exact) mass is 526 g/mol. The van der Waals surface area contributed by atoms with Crippen molar-refractivity contribution >= 4 is 43.4 Å². The van der Waals surface area contributed by atoms with Gasteiger partial charge in [-0.3, -0.25) is 9.80 Å². The number of hydrogen-bond acceptors (Lipinski definition) is 5. The molecule has 1 aliphatic heterocycles. The number of nitrogens with one attached hydrogen (secondary N) is 2. The molecule has 8 nitrogen and oxygen atoms in total. The third-order valence-electron chi connectivity index (χ3n) is 6.61. The van der Waals surface area contributed by atoms with Gasteiger partial charge in [0, 0.05) is 59.4 Å². The molecule has 0 radical (unpaired) electrons. The predicted octanol–water partition coefficient (Wildman–Crippen LogP) is 4.46. The Bertz CT molecular complexity index is 1320. The molecule has 178 valence electrons. The fourth-order valence-electron chi connectivity index (χ4n) is 4.78. The Morgan fingerprint density at radius 3 is 2.50 bits per heavy atom. The molecule has 5 rings (SSSR count). The number of aromatic amines is 2. The third kappa shape index (κ3) is 4.48. The molecule has 0 atom stereocenters. The molecule has 2 aromatic heterocycles. The van der Waals surface area contributed by atoms with Crippen molar-refractivity contribution in [2.45, 2.75) is 0 Å². The maximum atomic E-state index is 13.5. The van der Waals surface area contributed by atoms with Gasteiger partial charge < -0.3 is 19.8 Å². The number of benzene rings is 2. The highest BCUT2D eigenvalue weighted by Gasteiger charge is 2.30. The van der Waals surface area contributed by atoms with E-state index < -0.39 is 0 Å². The van der Waals surface area contributed by atoms with Crippen LogP contribution in [-0.4, -0.2) is 89.2 Å². The van der Waals surface area contributed by atoms with Crippen LogP contribution in [-0.2, 0) is 4.74 Å². The summed E-state index contributed by atoms with van der Waals surface area (Å²) >= 11 is 3.48.